The first-order valence-electron chi connectivity index (χ1n) is 3.51. The molecule has 12 heavy (non-hydrogen) atoms. The molecular weight excluding hydrogens is 154 g/mol. The maximum absolute atomic E-state index is 4.94. The summed E-state index contributed by atoms with van der Waals surface area (Å²) >= 11 is 0. The molecule has 0 spiro atoms. The number of hydrogen-bond acceptors (Lipinski definition) is 4. The van der Waals surface area contributed by atoms with Gasteiger partial charge in [-0.15, -0.1) is 0 Å². The summed E-state index contributed by atoms with van der Waals surface area (Å²) < 4.78 is 4.94. The van der Waals surface area contributed by atoms with E-state index in [4.69, 9.17) is 4.74 Å². The molecule has 2 aromatic rings. The molecule has 0 amide bonds. The SMILES string of the molecule is COc1cc2nccnc2cn1. The van der Waals surface area contributed by atoms with Crippen molar-refractivity contribution in [2.24, 2.45) is 0 Å². The van der Waals surface area contributed by atoms with Crippen molar-refractivity contribution < 1.29 is 4.74 Å². The first-order valence-corrected chi connectivity index (χ1v) is 3.51. The zero-order valence-corrected chi connectivity index (χ0v) is 6.56. The summed E-state index contributed by atoms with van der Waals surface area (Å²) in [6, 6.07) is 1.75. The van der Waals surface area contributed by atoms with Crippen LogP contribution >= 0.6 is 0 Å². The van der Waals surface area contributed by atoms with Gasteiger partial charge in [-0.3, -0.25) is 9.97 Å². The van der Waals surface area contributed by atoms with E-state index < -0.39 is 0 Å². The second-order valence-electron chi connectivity index (χ2n) is 2.27. The molecule has 0 unspecified atom stereocenters. The maximum Gasteiger partial charge on any atom is 0.215 e. The fourth-order valence-electron chi connectivity index (χ4n) is 0.961. The van der Waals surface area contributed by atoms with Crippen LogP contribution in [0, 0.1) is 0 Å². The second kappa shape index (κ2) is 2.73. The zero-order chi connectivity index (χ0) is 8.39. The number of hydrogen-bond donors (Lipinski definition) is 0. The summed E-state index contributed by atoms with van der Waals surface area (Å²) in [6.07, 6.45) is 4.92. The van der Waals surface area contributed by atoms with Crippen molar-refractivity contribution in [2.75, 3.05) is 7.11 Å². The molecule has 2 rings (SSSR count). The third-order valence-electron chi connectivity index (χ3n) is 1.54. The Hall–Kier alpha value is -1.71. The normalized spacial score (nSPS) is 10.1. The molecule has 0 atom stereocenters. The molecule has 2 heterocycles. The molecule has 0 radical (unpaired) electrons. The van der Waals surface area contributed by atoms with Crippen LogP contribution in [0.1, 0.15) is 0 Å². The lowest BCUT2D eigenvalue weighted by Crippen LogP contribution is -1.89. The summed E-state index contributed by atoms with van der Waals surface area (Å²) in [5.41, 5.74) is 1.57. The van der Waals surface area contributed by atoms with Crippen LogP contribution in [0.5, 0.6) is 5.88 Å². The van der Waals surface area contributed by atoms with Crippen LogP contribution in [-0.4, -0.2) is 22.1 Å². The molecule has 0 aliphatic rings. The quantitative estimate of drug-likeness (QED) is 0.626. The van der Waals surface area contributed by atoms with Gasteiger partial charge in [0.15, 0.2) is 0 Å². The van der Waals surface area contributed by atoms with Crippen molar-refractivity contribution >= 4 is 11.0 Å². The molecule has 0 saturated heterocycles. The largest absolute Gasteiger partial charge is 0.481 e. The fourth-order valence-corrected chi connectivity index (χ4v) is 0.961. The minimum atomic E-state index is 0.558. The lowest BCUT2D eigenvalue weighted by molar-refractivity contribution is 0.398. The molecule has 0 aliphatic heterocycles. The number of rotatable bonds is 1. The van der Waals surface area contributed by atoms with Crippen LogP contribution in [0.3, 0.4) is 0 Å². The standard InChI is InChI=1S/C8H7N3O/c1-12-8-4-6-7(5-11-8)10-3-2-9-6/h2-5H,1H3. The molecule has 0 N–H and O–H groups in total. The van der Waals surface area contributed by atoms with Crippen LogP contribution in [0.4, 0.5) is 0 Å². The van der Waals surface area contributed by atoms with Gasteiger partial charge >= 0.3 is 0 Å². The Morgan fingerprint density at radius 3 is 2.58 bits per heavy atom. The number of pyridine rings is 1. The van der Waals surface area contributed by atoms with Crippen LogP contribution in [0.15, 0.2) is 24.7 Å². The highest BCUT2D eigenvalue weighted by Crippen LogP contribution is 2.12. The Morgan fingerprint density at radius 1 is 1.08 bits per heavy atom. The van der Waals surface area contributed by atoms with Crippen LogP contribution < -0.4 is 4.74 Å². The highest BCUT2D eigenvalue weighted by Gasteiger charge is 1.97. The Balaban J connectivity index is 2.67. The number of nitrogens with zero attached hydrogens (tertiary/aromatic N) is 3. The molecule has 0 bridgehead atoms. The summed E-state index contributed by atoms with van der Waals surface area (Å²) in [5.74, 6) is 0.558. The Labute approximate surface area is 69.3 Å². The van der Waals surface area contributed by atoms with E-state index >= 15 is 0 Å². The monoisotopic (exact) mass is 161 g/mol. The van der Waals surface area contributed by atoms with Gasteiger partial charge in [0, 0.05) is 18.5 Å². The van der Waals surface area contributed by atoms with E-state index in [0.717, 1.165) is 11.0 Å². The van der Waals surface area contributed by atoms with Gasteiger partial charge in [0.2, 0.25) is 5.88 Å². The molecule has 4 heteroatoms. The predicted octanol–water partition coefficient (Wildman–Crippen LogP) is 1.03. The number of fused-ring (bicyclic) bond motifs is 1. The Kier molecular flexibility index (Phi) is 1.59. The number of methoxy groups -OCH3 is 1. The highest BCUT2D eigenvalue weighted by atomic mass is 16.5. The fraction of sp³-hybridized carbons (Fsp3) is 0.125. The second-order valence-corrected chi connectivity index (χ2v) is 2.27. The molecule has 4 nitrogen and oxygen atoms in total. The van der Waals surface area contributed by atoms with Crippen molar-refractivity contribution in [2.45, 2.75) is 0 Å². The summed E-state index contributed by atoms with van der Waals surface area (Å²) in [5, 5.41) is 0. The zero-order valence-electron chi connectivity index (χ0n) is 6.56. The topological polar surface area (TPSA) is 47.9 Å². The van der Waals surface area contributed by atoms with Gasteiger partial charge in [-0.05, 0) is 0 Å². The third kappa shape index (κ3) is 1.07. The number of ether oxygens (including phenoxy) is 1. The average molecular weight is 161 g/mol. The molecule has 0 fully saturated rings. The van der Waals surface area contributed by atoms with E-state index in [1.54, 1.807) is 31.8 Å². The molecule has 60 valence electrons. The van der Waals surface area contributed by atoms with Crippen LogP contribution in [0.2, 0.25) is 0 Å². The lowest BCUT2D eigenvalue weighted by Gasteiger charge is -1.98. The molecule has 0 saturated carbocycles. The van der Waals surface area contributed by atoms with Gasteiger partial charge in [-0.25, -0.2) is 4.98 Å². The molecule has 0 aromatic carbocycles. The smallest absolute Gasteiger partial charge is 0.215 e. The minimum absolute atomic E-state index is 0.558. The molecular formula is C8H7N3O. The van der Waals surface area contributed by atoms with E-state index in [1.165, 1.54) is 0 Å². The van der Waals surface area contributed by atoms with Crippen molar-refractivity contribution in [3.8, 4) is 5.88 Å². The highest BCUT2D eigenvalue weighted by molar-refractivity contribution is 5.73. The summed E-state index contributed by atoms with van der Waals surface area (Å²) in [7, 11) is 1.57. The lowest BCUT2D eigenvalue weighted by atomic mass is 10.4. The van der Waals surface area contributed by atoms with Crippen LogP contribution in [0.25, 0.3) is 11.0 Å². The van der Waals surface area contributed by atoms with Crippen molar-refractivity contribution in [3.63, 3.8) is 0 Å². The van der Waals surface area contributed by atoms with E-state index in [0.29, 0.717) is 5.88 Å². The average Bonchev–Trinajstić information content (AvgIpc) is 2.17. The molecule has 2 aromatic heterocycles. The van der Waals surface area contributed by atoms with Gasteiger partial charge in [-0.1, -0.05) is 0 Å². The Morgan fingerprint density at radius 2 is 1.83 bits per heavy atom. The van der Waals surface area contributed by atoms with Gasteiger partial charge in [-0.2, -0.15) is 0 Å². The Bertz CT molecular complexity index is 402. The maximum atomic E-state index is 4.94. The van der Waals surface area contributed by atoms with Gasteiger partial charge in [0.05, 0.1) is 18.8 Å². The van der Waals surface area contributed by atoms with Crippen LogP contribution in [-0.2, 0) is 0 Å². The van der Waals surface area contributed by atoms with E-state index in [1.807, 2.05) is 0 Å². The summed E-state index contributed by atoms with van der Waals surface area (Å²) in [4.78, 5) is 12.2. The van der Waals surface area contributed by atoms with Crippen molar-refractivity contribution in [1.29, 1.82) is 0 Å². The molecule has 0 aliphatic carbocycles. The van der Waals surface area contributed by atoms with E-state index in [-0.39, 0.29) is 0 Å². The minimum Gasteiger partial charge on any atom is -0.481 e. The van der Waals surface area contributed by atoms with Gasteiger partial charge in [0.25, 0.3) is 0 Å². The number of aromatic nitrogens is 3. The summed E-state index contributed by atoms with van der Waals surface area (Å²) in [6.45, 7) is 0. The van der Waals surface area contributed by atoms with Crippen molar-refractivity contribution in [3.05, 3.63) is 24.7 Å². The van der Waals surface area contributed by atoms with E-state index in [2.05, 4.69) is 15.0 Å². The van der Waals surface area contributed by atoms with Crippen molar-refractivity contribution in [1.82, 2.24) is 15.0 Å². The van der Waals surface area contributed by atoms with E-state index in [9.17, 15) is 0 Å². The third-order valence-corrected chi connectivity index (χ3v) is 1.54. The van der Waals surface area contributed by atoms with Gasteiger partial charge in [0.1, 0.15) is 5.52 Å². The first kappa shape index (κ1) is 6.97. The first-order chi connectivity index (χ1) is 5.90. The predicted molar refractivity (Wildman–Crippen MR) is 43.9 cm³/mol. The van der Waals surface area contributed by atoms with Gasteiger partial charge < -0.3 is 4.74 Å².